The highest BCUT2D eigenvalue weighted by molar-refractivity contribution is 7.90. The number of nitrogens with zero attached hydrogens (tertiary/aromatic N) is 2. The molecule has 0 unspecified atom stereocenters. The van der Waals surface area contributed by atoms with Gasteiger partial charge < -0.3 is 10.6 Å². The molecule has 1 aromatic heterocycles. The van der Waals surface area contributed by atoms with Crippen LogP contribution in [0.25, 0.3) is 0 Å². The average molecular weight is 303 g/mol. The number of hydrogen-bond donors (Lipinski definition) is 1. The van der Waals surface area contributed by atoms with Crippen molar-refractivity contribution >= 4 is 21.3 Å². The van der Waals surface area contributed by atoms with E-state index in [1.165, 1.54) is 11.8 Å². The van der Waals surface area contributed by atoms with E-state index in [4.69, 9.17) is 5.73 Å². The number of nitrogen functional groups attached to an aromatic ring is 1. The minimum absolute atomic E-state index is 0.267. The molecular formula is C15H17N3O2S. The molecule has 110 valence electrons. The largest absolute Gasteiger partial charge is 0.398 e. The van der Waals surface area contributed by atoms with Gasteiger partial charge in [0, 0.05) is 31.2 Å². The number of nitrogens with two attached hydrogens (primary N) is 1. The van der Waals surface area contributed by atoms with Gasteiger partial charge in [0.05, 0.1) is 0 Å². The van der Waals surface area contributed by atoms with Crippen LogP contribution in [0.15, 0.2) is 41.4 Å². The number of hydrogen-bond acceptors (Lipinski definition) is 5. The lowest BCUT2D eigenvalue weighted by Crippen LogP contribution is -2.32. The van der Waals surface area contributed by atoms with Crippen LogP contribution in [0.2, 0.25) is 0 Å². The smallest absolute Gasteiger partial charge is 0.179 e. The van der Waals surface area contributed by atoms with E-state index in [0.29, 0.717) is 12.4 Å². The molecule has 0 bridgehead atoms. The third kappa shape index (κ3) is 2.58. The van der Waals surface area contributed by atoms with Gasteiger partial charge in [-0.2, -0.15) is 0 Å². The number of rotatable bonds is 2. The average Bonchev–Trinajstić information content (AvgIpc) is 2.46. The SMILES string of the molecule is CS(=O)(=O)c1cccnc1N1CCc2cccc(N)c2C1. The Morgan fingerprint density at radius 1 is 1.24 bits per heavy atom. The summed E-state index contributed by atoms with van der Waals surface area (Å²) in [6.45, 7) is 1.32. The zero-order valence-corrected chi connectivity index (χ0v) is 12.6. The van der Waals surface area contributed by atoms with Gasteiger partial charge >= 0.3 is 0 Å². The summed E-state index contributed by atoms with van der Waals surface area (Å²) < 4.78 is 23.8. The van der Waals surface area contributed by atoms with Gasteiger partial charge in [0.1, 0.15) is 10.7 Å². The fourth-order valence-corrected chi connectivity index (χ4v) is 3.54. The summed E-state index contributed by atoms with van der Waals surface area (Å²) in [6, 6.07) is 9.14. The van der Waals surface area contributed by atoms with Crippen molar-refractivity contribution < 1.29 is 8.42 Å². The monoisotopic (exact) mass is 303 g/mol. The Labute approximate surface area is 124 Å². The maximum absolute atomic E-state index is 11.9. The first kappa shape index (κ1) is 13.9. The van der Waals surface area contributed by atoms with Gasteiger partial charge in [0.25, 0.3) is 0 Å². The van der Waals surface area contributed by atoms with E-state index < -0.39 is 9.84 Å². The second-order valence-corrected chi connectivity index (χ2v) is 7.24. The minimum Gasteiger partial charge on any atom is -0.398 e. The Hall–Kier alpha value is -2.08. The van der Waals surface area contributed by atoms with Crippen LogP contribution >= 0.6 is 0 Å². The Balaban J connectivity index is 2.03. The van der Waals surface area contributed by atoms with E-state index in [9.17, 15) is 8.42 Å². The highest BCUT2D eigenvalue weighted by Crippen LogP contribution is 2.30. The first-order chi connectivity index (χ1) is 9.97. The summed E-state index contributed by atoms with van der Waals surface area (Å²) in [7, 11) is -3.31. The van der Waals surface area contributed by atoms with Gasteiger partial charge in [-0.1, -0.05) is 12.1 Å². The van der Waals surface area contributed by atoms with Gasteiger partial charge in [-0.25, -0.2) is 13.4 Å². The number of sulfone groups is 1. The minimum atomic E-state index is -3.31. The fraction of sp³-hybridized carbons (Fsp3) is 0.267. The van der Waals surface area contributed by atoms with Gasteiger partial charge in [-0.3, -0.25) is 0 Å². The van der Waals surface area contributed by atoms with Crippen LogP contribution < -0.4 is 10.6 Å². The molecule has 0 fully saturated rings. The molecular weight excluding hydrogens is 286 g/mol. The lowest BCUT2D eigenvalue weighted by atomic mass is 9.98. The number of pyridine rings is 1. The summed E-state index contributed by atoms with van der Waals surface area (Å²) in [6.07, 6.45) is 3.66. The van der Waals surface area contributed by atoms with Crippen LogP contribution in [0.1, 0.15) is 11.1 Å². The van der Waals surface area contributed by atoms with Gasteiger partial charge in [0.15, 0.2) is 9.84 Å². The Kier molecular flexibility index (Phi) is 3.33. The maximum atomic E-state index is 11.9. The van der Waals surface area contributed by atoms with Crippen molar-refractivity contribution in [2.75, 3.05) is 23.4 Å². The summed E-state index contributed by atoms with van der Waals surface area (Å²) >= 11 is 0. The first-order valence-electron chi connectivity index (χ1n) is 6.73. The van der Waals surface area contributed by atoms with E-state index in [2.05, 4.69) is 11.1 Å². The quantitative estimate of drug-likeness (QED) is 0.853. The highest BCUT2D eigenvalue weighted by atomic mass is 32.2. The van der Waals surface area contributed by atoms with Crippen molar-refractivity contribution in [2.45, 2.75) is 17.9 Å². The second kappa shape index (κ2) is 5.04. The molecule has 3 rings (SSSR count). The van der Waals surface area contributed by atoms with E-state index in [1.807, 2.05) is 17.0 Å². The molecule has 1 aliphatic rings. The fourth-order valence-electron chi connectivity index (χ4n) is 2.70. The molecule has 2 N–H and O–H groups in total. The predicted octanol–water partition coefficient (Wildman–Crippen LogP) is 1.63. The summed E-state index contributed by atoms with van der Waals surface area (Å²) in [4.78, 5) is 6.53. The molecule has 0 aliphatic carbocycles. The van der Waals surface area contributed by atoms with Crippen molar-refractivity contribution in [2.24, 2.45) is 0 Å². The molecule has 0 atom stereocenters. The molecule has 21 heavy (non-hydrogen) atoms. The maximum Gasteiger partial charge on any atom is 0.179 e. The van der Waals surface area contributed by atoms with Crippen molar-refractivity contribution in [3.63, 3.8) is 0 Å². The third-order valence-corrected chi connectivity index (χ3v) is 4.88. The molecule has 5 nitrogen and oxygen atoms in total. The van der Waals surface area contributed by atoms with Crippen LogP contribution in [-0.4, -0.2) is 26.2 Å². The van der Waals surface area contributed by atoms with Crippen molar-refractivity contribution in [1.82, 2.24) is 4.98 Å². The second-order valence-electron chi connectivity index (χ2n) is 5.25. The van der Waals surface area contributed by atoms with Crippen molar-refractivity contribution in [1.29, 1.82) is 0 Å². The molecule has 2 heterocycles. The summed E-state index contributed by atoms with van der Waals surface area (Å²) in [5.74, 6) is 0.508. The molecule has 0 saturated heterocycles. The topological polar surface area (TPSA) is 76.3 Å². The molecule has 0 amide bonds. The first-order valence-corrected chi connectivity index (χ1v) is 8.62. The van der Waals surface area contributed by atoms with E-state index >= 15 is 0 Å². The molecule has 1 aliphatic heterocycles. The summed E-state index contributed by atoms with van der Waals surface area (Å²) in [5.41, 5.74) is 9.07. The molecule has 0 spiro atoms. The van der Waals surface area contributed by atoms with Gasteiger partial charge in [0.2, 0.25) is 0 Å². The van der Waals surface area contributed by atoms with Crippen LogP contribution in [0.5, 0.6) is 0 Å². The van der Waals surface area contributed by atoms with Gasteiger partial charge in [-0.05, 0) is 35.7 Å². The summed E-state index contributed by atoms with van der Waals surface area (Å²) in [5, 5.41) is 0. The Morgan fingerprint density at radius 3 is 2.81 bits per heavy atom. The number of fused-ring (bicyclic) bond motifs is 1. The standard InChI is InChI=1S/C15H17N3O2S/c1-21(19,20)14-6-3-8-17-15(14)18-9-7-11-4-2-5-13(16)12(11)10-18/h2-6,8H,7,9-10,16H2,1H3. The number of anilines is 2. The molecule has 0 radical (unpaired) electrons. The highest BCUT2D eigenvalue weighted by Gasteiger charge is 2.24. The number of aromatic nitrogens is 1. The Bertz CT molecular complexity index is 787. The number of benzene rings is 1. The molecule has 0 saturated carbocycles. The third-order valence-electron chi connectivity index (χ3n) is 3.76. The Morgan fingerprint density at radius 2 is 2.05 bits per heavy atom. The lowest BCUT2D eigenvalue weighted by molar-refractivity contribution is 0.600. The van der Waals surface area contributed by atoms with Crippen LogP contribution in [0.4, 0.5) is 11.5 Å². The normalized spacial score (nSPS) is 14.8. The lowest BCUT2D eigenvalue weighted by Gasteiger charge is -2.31. The van der Waals surface area contributed by atoms with Crippen LogP contribution in [-0.2, 0) is 22.8 Å². The van der Waals surface area contributed by atoms with Crippen molar-refractivity contribution in [3.8, 4) is 0 Å². The zero-order chi connectivity index (χ0) is 15.0. The molecule has 1 aromatic carbocycles. The molecule has 2 aromatic rings. The van der Waals surface area contributed by atoms with Crippen LogP contribution in [0.3, 0.4) is 0 Å². The van der Waals surface area contributed by atoms with E-state index in [1.54, 1.807) is 18.3 Å². The van der Waals surface area contributed by atoms with Crippen molar-refractivity contribution in [3.05, 3.63) is 47.7 Å². The van der Waals surface area contributed by atoms with Gasteiger partial charge in [-0.15, -0.1) is 0 Å². The van der Waals surface area contributed by atoms with E-state index in [-0.39, 0.29) is 4.90 Å². The predicted molar refractivity (Wildman–Crippen MR) is 83.0 cm³/mol. The zero-order valence-electron chi connectivity index (χ0n) is 11.8. The van der Waals surface area contributed by atoms with E-state index in [0.717, 1.165) is 24.2 Å². The van der Waals surface area contributed by atoms with Crippen LogP contribution in [0, 0.1) is 0 Å². The molecule has 6 heteroatoms.